The number of hydrogen-bond acceptors (Lipinski definition) is 8. The standard InChI is InChI=1S/C16H22N2O7S/c1-3-24-15(19)16(25-12-23-2)8-10-18(11-9-16)26(21,22)14-7-5-4-6-13(14)17-20/h4-7H,3,8-12H2,1-2H3. The molecule has 1 saturated heterocycles. The van der Waals surface area contributed by atoms with E-state index < -0.39 is 21.6 Å². The highest BCUT2D eigenvalue weighted by molar-refractivity contribution is 7.89. The van der Waals surface area contributed by atoms with Gasteiger partial charge in [-0.05, 0) is 24.2 Å². The largest absolute Gasteiger partial charge is 0.464 e. The van der Waals surface area contributed by atoms with Crippen molar-refractivity contribution in [3.63, 3.8) is 0 Å². The van der Waals surface area contributed by atoms with Crippen molar-refractivity contribution < 1.29 is 27.4 Å². The van der Waals surface area contributed by atoms with Crippen LogP contribution < -0.4 is 0 Å². The third-order valence-electron chi connectivity index (χ3n) is 4.21. The van der Waals surface area contributed by atoms with Gasteiger partial charge in [-0.1, -0.05) is 12.1 Å². The average molecular weight is 386 g/mol. The van der Waals surface area contributed by atoms with Gasteiger partial charge in [0.1, 0.15) is 17.4 Å². The summed E-state index contributed by atoms with van der Waals surface area (Å²) in [5, 5.41) is 2.78. The van der Waals surface area contributed by atoms with Crippen LogP contribution in [-0.4, -0.2) is 57.9 Å². The topological polar surface area (TPSA) is 112 Å². The first-order valence-corrected chi connectivity index (χ1v) is 9.58. The third kappa shape index (κ3) is 4.09. The van der Waals surface area contributed by atoms with E-state index in [2.05, 4.69) is 5.18 Å². The number of nitroso groups, excluding NO2 is 1. The molecule has 1 fully saturated rings. The van der Waals surface area contributed by atoms with Crippen molar-refractivity contribution in [2.45, 2.75) is 30.3 Å². The number of esters is 1. The zero-order chi connectivity index (χ0) is 19.2. The molecule has 26 heavy (non-hydrogen) atoms. The lowest BCUT2D eigenvalue weighted by Crippen LogP contribution is -2.53. The summed E-state index contributed by atoms with van der Waals surface area (Å²) in [6.07, 6.45) is 0.232. The van der Waals surface area contributed by atoms with Gasteiger partial charge in [0.05, 0.1) is 6.61 Å². The molecular weight excluding hydrogens is 364 g/mol. The summed E-state index contributed by atoms with van der Waals surface area (Å²) >= 11 is 0. The van der Waals surface area contributed by atoms with Crippen LogP contribution in [0.2, 0.25) is 0 Å². The van der Waals surface area contributed by atoms with Crippen LogP contribution in [0.3, 0.4) is 0 Å². The van der Waals surface area contributed by atoms with Crippen LogP contribution in [0.15, 0.2) is 34.3 Å². The molecule has 0 aromatic heterocycles. The minimum absolute atomic E-state index is 0.0397. The van der Waals surface area contributed by atoms with E-state index in [0.717, 1.165) is 0 Å². The molecule has 0 radical (unpaired) electrons. The molecule has 0 unspecified atom stereocenters. The first-order chi connectivity index (χ1) is 12.4. The molecule has 0 spiro atoms. The number of rotatable bonds is 8. The Morgan fingerprint density at radius 3 is 2.50 bits per heavy atom. The second-order valence-electron chi connectivity index (χ2n) is 5.73. The van der Waals surface area contributed by atoms with Crippen LogP contribution in [-0.2, 0) is 29.0 Å². The summed E-state index contributed by atoms with van der Waals surface area (Å²) < 4.78 is 42.4. The molecule has 10 heteroatoms. The quantitative estimate of drug-likeness (QED) is 0.380. The van der Waals surface area contributed by atoms with Crippen molar-refractivity contribution in [1.82, 2.24) is 4.31 Å². The molecule has 1 aliphatic rings. The number of sulfonamides is 1. The summed E-state index contributed by atoms with van der Waals surface area (Å²) in [5.41, 5.74) is -1.40. The Kier molecular flexibility index (Phi) is 6.81. The number of hydrogen-bond donors (Lipinski definition) is 0. The van der Waals surface area contributed by atoms with Crippen molar-refractivity contribution in [2.24, 2.45) is 5.18 Å². The molecule has 0 N–H and O–H groups in total. The molecule has 0 bridgehead atoms. The number of piperidine rings is 1. The Morgan fingerprint density at radius 1 is 1.27 bits per heavy atom. The number of carbonyl (C=O) groups is 1. The van der Waals surface area contributed by atoms with Crippen molar-refractivity contribution in [2.75, 3.05) is 33.6 Å². The van der Waals surface area contributed by atoms with Gasteiger partial charge < -0.3 is 14.2 Å². The van der Waals surface area contributed by atoms with E-state index >= 15 is 0 Å². The second-order valence-corrected chi connectivity index (χ2v) is 7.64. The van der Waals surface area contributed by atoms with Crippen LogP contribution in [0, 0.1) is 4.91 Å². The molecule has 2 rings (SSSR count). The van der Waals surface area contributed by atoms with E-state index in [0.29, 0.717) is 0 Å². The Bertz CT molecular complexity index is 743. The first kappa shape index (κ1) is 20.4. The second kappa shape index (κ2) is 8.67. The molecule has 0 atom stereocenters. The van der Waals surface area contributed by atoms with Gasteiger partial charge >= 0.3 is 5.97 Å². The zero-order valence-corrected chi connectivity index (χ0v) is 15.5. The predicted molar refractivity (Wildman–Crippen MR) is 92.2 cm³/mol. The van der Waals surface area contributed by atoms with Crippen molar-refractivity contribution in [1.29, 1.82) is 0 Å². The number of methoxy groups -OCH3 is 1. The lowest BCUT2D eigenvalue weighted by atomic mass is 9.92. The molecule has 1 aromatic rings. The van der Waals surface area contributed by atoms with Crippen molar-refractivity contribution in [3.05, 3.63) is 29.2 Å². The van der Waals surface area contributed by atoms with E-state index in [1.807, 2.05) is 0 Å². The summed E-state index contributed by atoms with van der Waals surface area (Å²) in [6.45, 7) is 1.85. The van der Waals surface area contributed by atoms with E-state index in [9.17, 15) is 18.1 Å². The molecule has 9 nitrogen and oxygen atoms in total. The number of nitrogens with zero attached hydrogens (tertiary/aromatic N) is 2. The minimum Gasteiger partial charge on any atom is -0.464 e. The van der Waals surface area contributed by atoms with Crippen LogP contribution in [0.4, 0.5) is 5.69 Å². The van der Waals surface area contributed by atoms with E-state index in [-0.39, 0.29) is 49.9 Å². The Balaban J connectivity index is 2.21. The molecule has 1 aliphatic heterocycles. The Hall–Kier alpha value is -1.88. The van der Waals surface area contributed by atoms with E-state index in [1.165, 1.54) is 35.7 Å². The fourth-order valence-corrected chi connectivity index (χ4v) is 4.38. The highest BCUT2D eigenvalue weighted by Crippen LogP contribution is 2.33. The van der Waals surface area contributed by atoms with Gasteiger partial charge in [0, 0.05) is 33.0 Å². The lowest BCUT2D eigenvalue weighted by Gasteiger charge is -2.38. The zero-order valence-electron chi connectivity index (χ0n) is 14.7. The van der Waals surface area contributed by atoms with Gasteiger partial charge in [-0.2, -0.15) is 4.31 Å². The maximum Gasteiger partial charge on any atom is 0.338 e. The third-order valence-corrected chi connectivity index (χ3v) is 6.16. The molecular formula is C16H22N2O7S. The minimum atomic E-state index is -3.91. The highest BCUT2D eigenvalue weighted by Gasteiger charge is 2.46. The van der Waals surface area contributed by atoms with Crippen LogP contribution in [0.5, 0.6) is 0 Å². The summed E-state index contributed by atoms with van der Waals surface area (Å²) in [5.74, 6) is -0.538. The molecule has 0 aliphatic carbocycles. The molecule has 1 heterocycles. The molecule has 144 valence electrons. The smallest absolute Gasteiger partial charge is 0.338 e. The van der Waals surface area contributed by atoms with Crippen molar-refractivity contribution in [3.8, 4) is 0 Å². The van der Waals surface area contributed by atoms with Gasteiger partial charge in [0.2, 0.25) is 10.0 Å². The Labute approximate surface area is 152 Å². The van der Waals surface area contributed by atoms with Gasteiger partial charge in [0.15, 0.2) is 5.60 Å². The summed E-state index contributed by atoms with van der Waals surface area (Å²) in [4.78, 5) is 23.1. The SMILES string of the molecule is CCOC(=O)C1(OCOC)CCN(S(=O)(=O)c2ccccc2N=O)CC1. The first-order valence-electron chi connectivity index (χ1n) is 8.14. The monoisotopic (exact) mass is 386 g/mol. The van der Waals surface area contributed by atoms with Gasteiger partial charge in [-0.25, -0.2) is 13.2 Å². The van der Waals surface area contributed by atoms with Crippen LogP contribution in [0.25, 0.3) is 0 Å². The highest BCUT2D eigenvalue weighted by atomic mass is 32.2. The normalized spacial score (nSPS) is 17.6. The predicted octanol–water partition coefficient (Wildman–Crippen LogP) is 1.79. The van der Waals surface area contributed by atoms with Crippen LogP contribution >= 0.6 is 0 Å². The average Bonchev–Trinajstić information content (AvgIpc) is 2.66. The maximum absolute atomic E-state index is 12.8. The maximum atomic E-state index is 12.8. The fourth-order valence-electron chi connectivity index (χ4n) is 2.82. The lowest BCUT2D eigenvalue weighted by molar-refractivity contribution is -0.194. The number of ether oxygens (including phenoxy) is 3. The molecule has 1 aromatic carbocycles. The van der Waals surface area contributed by atoms with Gasteiger partial charge in [-0.15, -0.1) is 4.91 Å². The van der Waals surface area contributed by atoms with Crippen LogP contribution in [0.1, 0.15) is 19.8 Å². The van der Waals surface area contributed by atoms with E-state index in [1.54, 1.807) is 6.92 Å². The van der Waals surface area contributed by atoms with Gasteiger partial charge in [-0.3, -0.25) is 0 Å². The fraction of sp³-hybridized carbons (Fsp3) is 0.562. The number of carbonyl (C=O) groups excluding carboxylic acids is 1. The Morgan fingerprint density at radius 2 is 1.92 bits per heavy atom. The summed E-state index contributed by atoms with van der Waals surface area (Å²) in [6, 6.07) is 5.74. The number of benzene rings is 1. The van der Waals surface area contributed by atoms with E-state index in [4.69, 9.17) is 14.2 Å². The molecule has 0 amide bonds. The van der Waals surface area contributed by atoms with Crippen molar-refractivity contribution >= 4 is 21.7 Å². The molecule has 0 saturated carbocycles. The summed E-state index contributed by atoms with van der Waals surface area (Å²) in [7, 11) is -2.48. The van der Waals surface area contributed by atoms with Gasteiger partial charge in [0.25, 0.3) is 0 Å².